The maximum atomic E-state index is 13.5. The Bertz CT molecular complexity index is 1240. The van der Waals surface area contributed by atoms with E-state index in [-0.39, 0.29) is 11.3 Å². The lowest BCUT2D eigenvalue weighted by atomic mass is 10.0. The van der Waals surface area contributed by atoms with Crippen molar-refractivity contribution in [2.75, 3.05) is 16.8 Å². The fourth-order valence-corrected chi connectivity index (χ4v) is 3.91. The normalized spacial score (nSPS) is 13.7. The Morgan fingerprint density at radius 1 is 0.938 bits per heavy atom. The molecule has 0 fully saturated rings. The maximum Gasteiger partial charge on any atom is 0.282 e. The summed E-state index contributed by atoms with van der Waals surface area (Å²) in [7, 11) is 0. The number of hydrogen-bond donors (Lipinski definition) is 1. The first-order valence-electron chi connectivity index (χ1n) is 10.0. The Kier molecular flexibility index (Phi) is 6.21. The van der Waals surface area contributed by atoms with Gasteiger partial charge < -0.3 is 10.1 Å². The Labute approximate surface area is 196 Å². The Morgan fingerprint density at radius 2 is 1.66 bits per heavy atom. The standard InChI is InChI=1S/C25H20Cl2N2O3/c1-3-32-18-12-9-16(10-13-18)22-23(28-20-14-17(26)11-8-15(20)2)25(31)29(24(22)30)21-7-5-4-6-19(21)27/h4-14,28H,3H2,1-2H3. The number of carbonyl (C=O) groups is 2. The molecule has 5 nitrogen and oxygen atoms in total. The van der Waals surface area contributed by atoms with Gasteiger partial charge in [0.05, 0.1) is 22.9 Å². The first-order chi connectivity index (χ1) is 15.4. The molecule has 0 saturated carbocycles. The average molecular weight is 467 g/mol. The summed E-state index contributed by atoms with van der Waals surface area (Å²) < 4.78 is 5.50. The van der Waals surface area contributed by atoms with Crippen LogP contribution in [0.25, 0.3) is 5.57 Å². The van der Waals surface area contributed by atoms with Crippen LogP contribution in [0, 0.1) is 6.92 Å². The summed E-state index contributed by atoms with van der Waals surface area (Å²) in [6, 6.07) is 19.1. The first kappa shape index (κ1) is 21.9. The number of anilines is 2. The number of nitrogens with one attached hydrogen (secondary N) is 1. The number of rotatable bonds is 6. The molecule has 1 aliphatic rings. The minimum atomic E-state index is -0.494. The quantitative estimate of drug-likeness (QED) is 0.446. The van der Waals surface area contributed by atoms with E-state index in [1.54, 1.807) is 60.7 Å². The van der Waals surface area contributed by atoms with E-state index in [1.165, 1.54) is 0 Å². The number of imide groups is 1. The van der Waals surface area contributed by atoms with Gasteiger partial charge >= 0.3 is 0 Å². The van der Waals surface area contributed by atoms with E-state index in [2.05, 4.69) is 5.32 Å². The van der Waals surface area contributed by atoms with Crippen molar-refractivity contribution in [2.45, 2.75) is 13.8 Å². The third kappa shape index (κ3) is 4.09. The molecule has 1 N–H and O–H groups in total. The van der Waals surface area contributed by atoms with Crippen molar-refractivity contribution >= 4 is 52.0 Å². The van der Waals surface area contributed by atoms with Gasteiger partial charge in [-0.2, -0.15) is 0 Å². The van der Waals surface area contributed by atoms with Crippen LogP contribution in [0.5, 0.6) is 5.75 Å². The number of aryl methyl sites for hydroxylation is 1. The Balaban J connectivity index is 1.84. The summed E-state index contributed by atoms with van der Waals surface area (Å²) in [6.07, 6.45) is 0. The maximum absolute atomic E-state index is 13.5. The lowest BCUT2D eigenvalue weighted by molar-refractivity contribution is -0.120. The van der Waals surface area contributed by atoms with Gasteiger partial charge in [-0.05, 0) is 61.4 Å². The number of nitrogens with zero attached hydrogens (tertiary/aromatic N) is 1. The van der Waals surface area contributed by atoms with E-state index >= 15 is 0 Å². The van der Waals surface area contributed by atoms with E-state index in [0.717, 1.165) is 10.5 Å². The molecular weight excluding hydrogens is 447 g/mol. The topological polar surface area (TPSA) is 58.6 Å². The van der Waals surface area contributed by atoms with Crippen LogP contribution in [0.3, 0.4) is 0 Å². The van der Waals surface area contributed by atoms with Crippen LogP contribution in [0.1, 0.15) is 18.1 Å². The lowest BCUT2D eigenvalue weighted by Crippen LogP contribution is -2.32. The molecule has 4 rings (SSSR count). The van der Waals surface area contributed by atoms with Crippen molar-refractivity contribution in [2.24, 2.45) is 0 Å². The van der Waals surface area contributed by atoms with E-state index in [4.69, 9.17) is 27.9 Å². The van der Waals surface area contributed by atoms with Gasteiger partial charge in [0.2, 0.25) is 0 Å². The van der Waals surface area contributed by atoms with Crippen molar-refractivity contribution in [3.05, 3.63) is 93.6 Å². The molecule has 0 bridgehead atoms. The second-order valence-corrected chi connectivity index (χ2v) is 8.03. The monoisotopic (exact) mass is 466 g/mol. The van der Waals surface area contributed by atoms with E-state index in [1.807, 2.05) is 19.9 Å². The fraction of sp³-hybridized carbons (Fsp3) is 0.120. The molecule has 32 heavy (non-hydrogen) atoms. The molecule has 1 aliphatic heterocycles. The van der Waals surface area contributed by atoms with Gasteiger partial charge in [-0.25, -0.2) is 4.90 Å². The second-order valence-electron chi connectivity index (χ2n) is 7.19. The van der Waals surface area contributed by atoms with Crippen LogP contribution >= 0.6 is 23.2 Å². The summed E-state index contributed by atoms with van der Waals surface area (Å²) in [5, 5.41) is 3.97. The Morgan fingerprint density at radius 3 is 2.34 bits per heavy atom. The van der Waals surface area contributed by atoms with Crippen molar-refractivity contribution in [1.82, 2.24) is 0 Å². The van der Waals surface area contributed by atoms with E-state index < -0.39 is 11.8 Å². The van der Waals surface area contributed by atoms with Crippen molar-refractivity contribution in [1.29, 1.82) is 0 Å². The van der Waals surface area contributed by atoms with Crippen LogP contribution in [-0.2, 0) is 9.59 Å². The molecule has 0 aromatic heterocycles. The van der Waals surface area contributed by atoms with Crippen molar-refractivity contribution in [3.63, 3.8) is 0 Å². The molecule has 2 amide bonds. The summed E-state index contributed by atoms with van der Waals surface area (Å²) in [5.74, 6) is -0.280. The molecule has 0 aliphatic carbocycles. The number of benzene rings is 3. The fourth-order valence-electron chi connectivity index (χ4n) is 3.51. The SMILES string of the molecule is CCOc1ccc(C2=C(Nc3cc(Cl)ccc3C)C(=O)N(c3ccccc3Cl)C2=O)cc1. The van der Waals surface area contributed by atoms with Gasteiger partial charge in [0, 0.05) is 10.7 Å². The van der Waals surface area contributed by atoms with Crippen LogP contribution in [0.4, 0.5) is 11.4 Å². The van der Waals surface area contributed by atoms with Crippen molar-refractivity contribution < 1.29 is 14.3 Å². The third-order valence-electron chi connectivity index (χ3n) is 5.09. The number of para-hydroxylation sites is 1. The summed E-state index contributed by atoms with van der Waals surface area (Å²) in [6.45, 7) is 4.32. The summed E-state index contributed by atoms with van der Waals surface area (Å²) in [5.41, 5.74) is 2.83. The van der Waals surface area contributed by atoms with E-state index in [9.17, 15) is 9.59 Å². The molecule has 0 spiro atoms. The molecular formula is C25H20Cl2N2O3. The molecule has 0 atom stereocenters. The van der Waals surface area contributed by atoms with E-state index in [0.29, 0.717) is 39.3 Å². The highest BCUT2D eigenvalue weighted by Gasteiger charge is 2.41. The minimum absolute atomic E-state index is 0.157. The first-order valence-corrected chi connectivity index (χ1v) is 10.8. The molecule has 0 unspecified atom stereocenters. The molecule has 162 valence electrons. The Hall–Kier alpha value is -3.28. The van der Waals surface area contributed by atoms with Crippen molar-refractivity contribution in [3.8, 4) is 5.75 Å². The summed E-state index contributed by atoms with van der Waals surface area (Å²) >= 11 is 12.5. The zero-order valence-electron chi connectivity index (χ0n) is 17.5. The predicted molar refractivity (Wildman–Crippen MR) is 128 cm³/mol. The highest BCUT2D eigenvalue weighted by molar-refractivity contribution is 6.48. The van der Waals surface area contributed by atoms with Crippen LogP contribution in [0.15, 0.2) is 72.4 Å². The average Bonchev–Trinajstić information content (AvgIpc) is 3.01. The highest BCUT2D eigenvalue weighted by atomic mass is 35.5. The zero-order chi connectivity index (χ0) is 22.8. The smallest absolute Gasteiger partial charge is 0.282 e. The van der Waals surface area contributed by atoms with Gasteiger partial charge in [-0.15, -0.1) is 0 Å². The zero-order valence-corrected chi connectivity index (χ0v) is 19.0. The lowest BCUT2D eigenvalue weighted by Gasteiger charge is -2.17. The van der Waals surface area contributed by atoms with Gasteiger partial charge in [-0.3, -0.25) is 9.59 Å². The summed E-state index contributed by atoms with van der Waals surface area (Å²) in [4.78, 5) is 28.1. The van der Waals surface area contributed by atoms with Gasteiger partial charge in [-0.1, -0.05) is 53.5 Å². The largest absolute Gasteiger partial charge is 0.494 e. The third-order valence-corrected chi connectivity index (χ3v) is 5.65. The molecule has 3 aromatic carbocycles. The van der Waals surface area contributed by atoms with Crippen LogP contribution < -0.4 is 15.0 Å². The molecule has 0 radical (unpaired) electrons. The molecule has 3 aromatic rings. The van der Waals surface area contributed by atoms with Gasteiger partial charge in [0.25, 0.3) is 11.8 Å². The number of halogens is 2. The molecule has 7 heteroatoms. The number of amides is 2. The van der Waals surface area contributed by atoms with Gasteiger partial charge in [0.1, 0.15) is 11.4 Å². The van der Waals surface area contributed by atoms with Crippen LogP contribution in [0.2, 0.25) is 10.0 Å². The number of hydrogen-bond acceptors (Lipinski definition) is 4. The number of carbonyl (C=O) groups excluding carboxylic acids is 2. The van der Waals surface area contributed by atoms with Crippen LogP contribution in [-0.4, -0.2) is 18.4 Å². The minimum Gasteiger partial charge on any atom is -0.494 e. The molecule has 0 saturated heterocycles. The predicted octanol–water partition coefficient (Wildman–Crippen LogP) is 6.10. The highest BCUT2D eigenvalue weighted by Crippen LogP contribution is 2.37. The number of ether oxygens (including phenoxy) is 1. The molecule has 1 heterocycles. The second kappa shape index (κ2) is 9.07. The van der Waals surface area contributed by atoms with Gasteiger partial charge in [0.15, 0.2) is 0 Å².